The molecule has 1 fully saturated rings. The second kappa shape index (κ2) is 7.42. The van der Waals surface area contributed by atoms with E-state index in [2.05, 4.69) is 10.3 Å². The molecule has 1 unspecified atom stereocenters. The molecule has 2 N–H and O–H groups in total. The number of amides is 1. The number of carbonyl (C=O) groups is 1. The zero-order chi connectivity index (χ0) is 17.9. The number of sulfonamides is 1. The molecule has 1 atom stereocenters. The number of H-pyrrole nitrogens is 1. The van der Waals surface area contributed by atoms with Crippen molar-refractivity contribution in [1.29, 1.82) is 0 Å². The SMILES string of the molecule is CC(Cc1ccco1)NC(=O)c1cc(S(=O)(=O)N2CCOCC2)c[nH]1. The van der Waals surface area contributed by atoms with E-state index in [4.69, 9.17) is 9.15 Å². The molecule has 3 rings (SSSR count). The highest BCUT2D eigenvalue weighted by atomic mass is 32.2. The number of hydrogen-bond acceptors (Lipinski definition) is 5. The maximum absolute atomic E-state index is 12.6. The predicted octanol–water partition coefficient (Wildman–Crippen LogP) is 0.990. The molecular weight excluding hydrogens is 346 g/mol. The van der Waals surface area contributed by atoms with E-state index in [-0.39, 0.29) is 22.5 Å². The zero-order valence-electron chi connectivity index (χ0n) is 13.9. The number of nitrogens with one attached hydrogen (secondary N) is 2. The number of nitrogens with zero attached hydrogens (tertiary/aromatic N) is 1. The summed E-state index contributed by atoms with van der Waals surface area (Å²) < 4.78 is 36.9. The lowest BCUT2D eigenvalue weighted by molar-refractivity contribution is 0.0730. The molecule has 0 spiro atoms. The fourth-order valence-electron chi connectivity index (χ4n) is 2.67. The smallest absolute Gasteiger partial charge is 0.267 e. The van der Waals surface area contributed by atoms with Gasteiger partial charge in [-0.3, -0.25) is 4.79 Å². The highest BCUT2D eigenvalue weighted by Gasteiger charge is 2.28. The first-order valence-corrected chi connectivity index (χ1v) is 9.50. The van der Waals surface area contributed by atoms with Crippen molar-refractivity contribution in [3.63, 3.8) is 0 Å². The first-order valence-electron chi connectivity index (χ1n) is 8.06. The summed E-state index contributed by atoms with van der Waals surface area (Å²) in [6.07, 6.45) is 3.48. The average Bonchev–Trinajstić information content (AvgIpc) is 3.27. The summed E-state index contributed by atoms with van der Waals surface area (Å²) in [6, 6.07) is 4.84. The van der Waals surface area contributed by atoms with Gasteiger partial charge in [-0.05, 0) is 25.1 Å². The van der Waals surface area contributed by atoms with Crippen LogP contribution in [0.15, 0.2) is 40.0 Å². The number of carbonyl (C=O) groups excluding carboxylic acids is 1. The lowest BCUT2D eigenvalue weighted by Gasteiger charge is -2.25. The highest BCUT2D eigenvalue weighted by molar-refractivity contribution is 7.89. The summed E-state index contributed by atoms with van der Waals surface area (Å²) in [4.78, 5) is 15.1. The van der Waals surface area contributed by atoms with Crippen molar-refractivity contribution >= 4 is 15.9 Å². The van der Waals surface area contributed by atoms with Crippen molar-refractivity contribution < 1.29 is 22.4 Å². The summed E-state index contributed by atoms with van der Waals surface area (Å²) in [7, 11) is -3.62. The van der Waals surface area contributed by atoms with Crippen LogP contribution in [0.3, 0.4) is 0 Å². The zero-order valence-corrected chi connectivity index (χ0v) is 14.7. The number of aromatic nitrogens is 1. The van der Waals surface area contributed by atoms with E-state index in [1.807, 2.05) is 13.0 Å². The van der Waals surface area contributed by atoms with Crippen LogP contribution in [0.1, 0.15) is 23.2 Å². The molecule has 0 bridgehead atoms. The summed E-state index contributed by atoms with van der Waals surface area (Å²) in [6.45, 7) is 3.24. The lowest BCUT2D eigenvalue weighted by Crippen LogP contribution is -2.40. The summed E-state index contributed by atoms with van der Waals surface area (Å²) in [5.41, 5.74) is 0.207. The van der Waals surface area contributed by atoms with Gasteiger partial charge in [0.1, 0.15) is 16.3 Å². The Morgan fingerprint density at radius 2 is 2.16 bits per heavy atom. The standard InChI is InChI=1S/C16H21N3O5S/c1-12(9-13-3-2-6-24-13)18-16(20)15-10-14(11-17-15)25(21,22)19-4-7-23-8-5-19/h2-3,6,10-12,17H,4-5,7-9H2,1H3,(H,18,20). The number of hydrogen-bond donors (Lipinski definition) is 2. The Bertz CT molecular complexity index is 807. The topological polar surface area (TPSA) is 105 Å². The minimum atomic E-state index is -3.62. The van der Waals surface area contributed by atoms with Crippen molar-refractivity contribution in [1.82, 2.24) is 14.6 Å². The second-order valence-corrected chi connectivity index (χ2v) is 7.86. The van der Waals surface area contributed by atoms with Gasteiger partial charge >= 0.3 is 0 Å². The molecule has 3 heterocycles. The van der Waals surface area contributed by atoms with Crippen LogP contribution in [-0.4, -0.2) is 56.0 Å². The second-order valence-electron chi connectivity index (χ2n) is 5.92. The van der Waals surface area contributed by atoms with Crippen molar-refractivity contribution in [2.24, 2.45) is 0 Å². The number of ether oxygens (including phenoxy) is 1. The van der Waals surface area contributed by atoms with Crippen LogP contribution < -0.4 is 5.32 Å². The molecule has 25 heavy (non-hydrogen) atoms. The van der Waals surface area contributed by atoms with Crippen molar-refractivity contribution in [3.8, 4) is 0 Å². The lowest BCUT2D eigenvalue weighted by atomic mass is 10.2. The first-order chi connectivity index (χ1) is 12.0. The molecule has 1 saturated heterocycles. The third kappa shape index (κ3) is 4.12. The van der Waals surface area contributed by atoms with E-state index in [0.717, 1.165) is 5.76 Å². The van der Waals surface area contributed by atoms with E-state index in [9.17, 15) is 13.2 Å². The van der Waals surface area contributed by atoms with Gasteiger partial charge in [0.2, 0.25) is 10.0 Å². The average molecular weight is 367 g/mol. The molecule has 0 radical (unpaired) electrons. The van der Waals surface area contributed by atoms with E-state index in [1.54, 1.807) is 12.3 Å². The van der Waals surface area contributed by atoms with E-state index < -0.39 is 10.0 Å². The van der Waals surface area contributed by atoms with Crippen LogP contribution in [0.4, 0.5) is 0 Å². The molecule has 1 aliphatic heterocycles. The van der Waals surface area contributed by atoms with E-state index >= 15 is 0 Å². The Morgan fingerprint density at radius 3 is 2.84 bits per heavy atom. The van der Waals surface area contributed by atoms with Gasteiger partial charge in [0.15, 0.2) is 0 Å². The Balaban J connectivity index is 1.64. The number of morpholine rings is 1. The summed E-state index contributed by atoms with van der Waals surface area (Å²) in [5.74, 6) is 0.414. The van der Waals surface area contributed by atoms with Crippen molar-refractivity contribution in [3.05, 3.63) is 42.1 Å². The number of aromatic amines is 1. The van der Waals surface area contributed by atoms with E-state index in [1.165, 1.54) is 16.6 Å². The van der Waals surface area contributed by atoms with Gasteiger partial charge in [-0.1, -0.05) is 0 Å². The molecule has 0 saturated carbocycles. The maximum atomic E-state index is 12.6. The minimum absolute atomic E-state index is 0.0817. The van der Waals surface area contributed by atoms with E-state index in [0.29, 0.717) is 32.7 Å². The third-order valence-electron chi connectivity index (χ3n) is 3.97. The van der Waals surface area contributed by atoms with Gasteiger partial charge in [0.05, 0.1) is 19.5 Å². The van der Waals surface area contributed by atoms with Crippen LogP contribution in [0.5, 0.6) is 0 Å². The molecule has 9 heteroatoms. The molecule has 1 aliphatic rings. The number of furan rings is 1. The van der Waals surface area contributed by atoms with Gasteiger partial charge in [0.25, 0.3) is 5.91 Å². The van der Waals surface area contributed by atoms with Gasteiger partial charge < -0.3 is 19.5 Å². The predicted molar refractivity (Wildman–Crippen MR) is 89.7 cm³/mol. The Hall–Kier alpha value is -2.10. The maximum Gasteiger partial charge on any atom is 0.267 e. The molecule has 1 amide bonds. The van der Waals surface area contributed by atoms with Crippen molar-refractivity contribution in [2.45, 2.75) is 24.3 Å². The first kappa shape index (κ1) is 17.7. The van der Waals surface area contributed by atoms with Gasteiger partial charge in [-0.15, -0.1) is 0 Å². The molecular formula is C16H21N3O5S. The fourth-order valence-corrected chi connectivity index (χ4v) is 4.08. The molecule has 136 valence electrons. The normalized spacial score (nSPS) is 17.3. The van der Waals surface area contributed by atoms with Gasteiger partial charge in [-0.25, -0.2) is 8.42 Å². The fraction of sp³-hybridized carbons (Fsp3) is 0.438. The highest BCUT2D eigenvalue weighted by Crippen LogP contribution is 2.18. The monoisotopic (exact) mass is 367 g/mol. The summed E-state index contributed by atoms with van der Waals surface area (Å²) in [5, 5.41) is 2.82. The third-order valence-corrected chi connectivity index (χ3v) is 5.85. The minimum Gasteiger partial charge on any atom is -0.469 e. The quantitative estimate of drug-likeness (QED) is 0.792. The molecule has 8 nitrogen and oxygen atoms in total. The Kier molecular flexibility index (Phi) is 5.26. The van der Waals surface area contributed by atoms with Crippen LogP contribution in [0, 0.1) is 0 Å². The van der Waals surface area contributed by atoms with Crippen molar-refractivity contribution in [2.75, 3.05) is 26.3 Å². The molecule has 0 aromatic carbocycles. The van der Waals surface area contributed by atoms with Crippen LogP contribution in [0.25, 0.3) is 0 Å². The molecule has 2 aromatic heterocycles. The Morgan fingerprint density at radius 1 is 1.40 bits per heavy atom. The van der Waals surface area contributed by atoms with Crippen LogP contribution in [0.2, 0.25) is 0 Å². The largest absolute Gasteiger partial charge is 0.469 e. The summed E-state index contributed by atoms with van der Waals surface area (Å²) >= 11 is 0. The van der Waals surface area contributed by atoms with Crippen LogP contribution in [-0.2, 0) is 21.2 Å². The van der Waals surface area contributed by atoms with Crippen LogP contribution >= 0.6 is 0 Å². The van der Waals surface area contributed by atoms with Gasteiger partial charge in [-0.2, -0.15) is 4.31 Å². The van der Waals surface area contributed by atoms with Gasteiger partial charge in [0, 0.05) is 31.7 Å². The number of rotatable bonds is 6. The molecule has 0 aliphatic carbocycles. The Labute approximate surface area is 146 Å². The molecule has 2 aromatic rings.